The quantitative estimate of drug-likeness (QED) is 0.456. The van der Waals surface area contributed by atoms with Crippen molar-refractivity contribution in [3.05, 3.63) is 84.4 Å². The van der Waals surface area contributed by atoms with Crippen LogP contribution in [0, 0.1) is 17.8 Å². The molecular weight excluding hydrogens is 496 g/mol. The van der Waals surface area contributed by atoms with Gasteiger partial charge in [-0.25, -0.2) is 0 Å². The van der Waals surface area contributed by atoms with E-state index in [1.54, 1.807) is 17.9 Å². The molecule has 3 saturated heterocycles. The van der Waals surface area contributed by atoms with E-state index in [2.05, 4.69) is 6.58 Å². The lowest BCUT2D eigenvalue weighted by Crippen LogP contribution is -2.59. The van der Waals surface area contributed by atoms with Gasteiger partial charge in [0.25, 0.3) is 0 Å². The molecule has 3 heterocycles. The topological polar surface area (TPSA) is 107 Å². The summed E-state index contributed by atoms with van der Waals surface area (Å²) in [6, 6.07) is 17.2. The van der Waals surface area contributed by atoms with Gasteiger partial charge in [0.05, 0.1) is 24.2 Å². The van der Waals surface area contributed by atoms with Gasteiger partial charge in [0, 0.05) is 13.1 Å². The second-order valence-corrected chi connectivity index (χ2v) is 11.3. The Kier molecular flexibility index (Phi) is 7.11. The molecule has 8 nitrogen and oxygen atoms in total. The average molecular weight is 533 g/mol. The Bertz CT molecular complexity index is 1250. The molecular formula is C31H36N2O6. The number of benzene rings is 2. The minimum Gasteiger partial charge on any atom is -0.481 e. The van der Waals surface area contributed by atoms with Gasteiger partial charge in [-0.05, 0) is 36.8 Å². The lowest BCUT2D eigenvalue weighted by atomic mass is 9.62. The van der Waals surface area contributed by atoms with Crippen molar-refractivity contribution in [2.75, 3.05) is 13.2 Å². The van der Waals surface area contributed by atoms with E-state index in [1.807, 2.05) is 67.6 Å². The number of rotatable bonds is 10. The lowest BCUT2D eigenvalue weighted by molar-refractivity contribution is -0.160. The molecule has 39 heavy (non-hydrogen) atoms. The van der Waals surface area contributed by atoms with Crippen LogP contribution in [0.1, 0.15) is 31.4 Å². The first kappa shape index (κ1) is 27.1. The van der Waals surface area contributed by atoms with Crippen LogP contribution >= 0.6 is 0 Å². The third kappa shape index (κ3) is 4.26. The Morgan fingerprint density at radius 2 is 1.77 bits per heavy atom. The Labute approximate surface area is 228 Å². The van der Waals surface area contributed by atoms with Gasteiger partial charge in [0.15, 0.2) is 0 Å². The second kappa shape index (κ2) is 10.2. The number of carboxylic acid groups (broad SMARTS) is 1. The molecule has 7 atom stereocenters. The zero-order chi connectivity index (χ0) is 27.9. The molecule has 2 aromatic rings. The van der Waals surface area contributed by atoms with Crippen LogP contribution < -0.4 is 0 Å². The highest BCUT2D eigenvalue weighted by Crippen LogP contribution is 2.65. The number of aliphatic hydroxyl groups excluding tert-OH is 1. The van der Waals surface area contributed by atoms with Crippen molar-refractivity contribution < 1.29 is 29.3 Å². The average Bonchev–Trinajstić information content (AvgIpc) is 3.44. The first-order valence-electron chi connectivity index (χ1n) is 13.5. The molecule has 8 heteroatoms. The number of carboxylic acids is 1. The van der Waals surface area contributed by atoms with Crippen LogP contribution in [-0.2, 0) is 32.1 Å². The summed E-state index contributed by atoms with van der Waals surface area (Å²) < 4.78 is 6.62. The number of carbonyl (C=O) groups excluding carboxylic acids is 2. The van der Waals surface area contributed by atoms with Gasteiger partial charge in [0.2, 0.25) is 11.8 Å². The number of amides is 2. The fourth-order valence-electron chi connectivity index (χ4n) is 7.23. The molecule has 2 amide bonds. The highest BCUT2D eigenvalue weighted by atomic mass is 16.5. The maximum absolute atomic E-state index is 14.6. The highest BCUT2D eigenvalue weighted by Gasteiger charge is 2.80. The SMILES string of the molecule is C=CCN(Cc1ccccc1)C(=O)C1N([C@@H](CO)Cc2ccccc2)C(=O)[C@@H]2[C@H](C(=O)O)[C@@]3(C)OC12CC3C. The third-order valence-corrected chi connectivity index (χ3v) is 9.05. The Morgan fingerprint density at radius 1 is 1.15 bits per heavy atom. The maximum Gasteiger partial charge on any atom is 0.310 e. The number of aliphatic hydroxyl groups is 1. The molecule has 0 radical (unpaired) electrons. The van der Waals surface area contributed by atoms with Gasteiger partial charge in [-0.15, -0.1) is 6.58 Å². The fraction of sp³-hybridized carbons (Fsp3) is 0.452. The summed E-state index contributed by atoms with van der Waals surface area (Å²) >= 11 is 0. The summed E-state index contributed by atoms with van der Waals surface area (Å²) in [5.74, 6) is -4.16. The standard InChI is InChI=1S/C31H36N2O6/c1-4-15-32(18-22-13-9-6-10-14-22)28(36)26-31-17-20(2)30(3,39-31)25(29(37)38)24(31)27(35)33(26)23(19-34)16-21-11-7-5-8-12-21/h4-14,20,23-26,34H,1,15-19H2,2-3H3,(H,37,38)/t20?,23-,24+,25-,26?,30+,31?/m1/s1. The third-order valence-electron chi connectivity index (χ3n) is 9.05. The van der Waals surface area contributed by atoms with Crippen LogP contribution in [-0.4, -0.2) is 74.2 Å². The van der Waals surface area contributed by atoms with Gasteiger partial charge in [0.1, 0.15) is 17.6 Å². The molecule has 3 unspecified atom stereocenters. The molecule has 5 rings (SSSR count). The number of hydrogen-bond donors (Lipinski definition) is 2. The Morgan fingerprint density at radius 3 is 2.33 bits per heavy atom. The molecule has 0 aromatic heterocycles. The summed E-state index contributed by atoms with van der Waals surface area (Å²) in [7, 11) is 0. The van der Waals surface area contributed by atoms with E-state index >= 15 is 0 Å². The molecule has 0 aliphatic carbocycles. The van der Waals surface area contributed by atoms with E-state index < -0.39 is 47.0 Å². The first-order valence-corrected chi connectivity index (χ1v) is 13.5. The number of aliphatic carboxylic acids is 1. The predicted molar refractivity (Wildman–Crippen MR) is 144 cm³/mol. The maximum atomic E-state index is 14.6. The van der Waals surface area contributed by atoms with Gasteiger partial charge >= 0.3 is 5.97 Å². The molecule has 3 aliphatic heterocycles. The Hall–Kier alpha value is -3.49. The predicted octanol–water partition coefficient (Wildman–Crippen LogP) is 2.90. The van der Waals surface area contributed by atoms with Crippen LogP contribution in [0.3, 0.4) is 0 Å². The van der Waals surface area contributed by atoms with Crippen molar-refractivity contribution in [3.8, 4) is 0 Å². The van der Waals surface area contributed by atoms with Crippen LogP contribution in [0.4, 0.5) is 0 Å². The van der Waals surface area contributed by atoms with Gasteiger partial charge in [-0.1, -0.05) is 73.7 Å². The molecule has 2 N–H and O–H groups in total. The zero-order valence-electron chi connectivity index (χ0n) is 22.4. The first-order chi connectivity index (χ1) is 18.7. The van der Waals surface area contributed by atoms with Crippen LogP contribution in [0.15, 0.2) is 73.3 Å². The number of nitrogens with zero attached hydrogens (tertiary/aromatic N) is 2. The van der Waals surface area contributed by atoms with E-state index in [4.69, 9.17) is 4.74 Å². The summed E-state index contributed by atoms with van der Waals surface area (Å²) in [6.07, 6.45) is 2.34. The fourth-order valence-corrected chi connectivity index (χ4v) is 7.23. The van der Waals surface area contributed by atoms with E-state index in [0.29, 0.717) is 19.4 Å². The van der Waals surface area contributed by atoms with Gasteiger partial charge in [-0.3, -0.25) is 14.4 Å². The monoisotopic (exact) mass is 532 g/mol. The molecule has 2 aromatic carbocycles. The van der Waals surface area contributed by atoms with Crippen molar-refractivity contribution in [2.24, 2.45) is 17.8 Å². The summed E-state index contributed by atoms with van der Waals surface area (Å²) in [5.41, 5.74) is -0.558. The number of hydrogen-bond acceptors (Lipinski definition) is 5. The number of carbonyl (C=O) groups is 3. The summed E-state index contributed by atoms with van der Waals surface area (Å²) in [6.45, 7) is 7.67. The van der Waals surface area contributed by atoms with Crippen LogP contribution in [0.2, 0.25) is 0 Å². The largest absolute Gasteiger partial charge is 0.481 e. The molecule has 0 saturated carbocycles. The molecule has 3 aliphatic rings. The molecule has 3 fully saturated rings. The van der Waals surface area contributed by atoms with Crippen LogP contribution in [0.25, 0.3) is 0 Å². The second-order valence-electron chi connectivity index (χ2n) is 11.3. The highest BCUT2D eigenvalue weighted by molar-refractivity contribution is 5.98. The van der Waals surface area contributed by atoms with E-state index in [0.717, 1.165) is 11.1 Å². The molecule has 1 spiro atoms. The molecule has 2 bridgehead atoms. The van der Waals surface area contributed by atoms with Crippen molar-refractivity contribution in [3.63, 3.8) is 0 Å². The minimum atomic E-state index is -1.30. The number of fused-ring (bicyclic) bond motifs is 1. The van der Waals surface area contributed by atoms with Gasteiger partial charge < -0.3 is 24.7 Å². The van der Waals surface area contributed by atoms with Crippen molar-refractivity contribution >= 4 is 17.8 Å². The minimum absolute atomic E-state index is 0.179. The number of ether oxygens (including phenoxy) is 1. The lowest BCUT2D eigenvalue weighted by Gasteiger charge is -2.39. The van der Waals surface area contributed by atoms with E-state index in [1.165, 1.54) is 4.90 Å². The molecule has 206 valence electrons. The van der Waals surface area contributed by atoms with Crippen molar-refractivity contribution in [1.29, 1.82) is 0 Å². The van der Waals surface area contributed by atoms with Gasteiger partial charge in [-0.2, -0.15) is 0 Å². The summed E-state index contributed by atoms with van der Waals surface area (Å²) in [4.78, 5) is 44.5. The van der Waals surface area contributed by atoms with Crippen molar-refractivity contribution in [1.82, 2.24) is 9.80 Å². The summed E-state index contributed by atoms with van der Waals surface area (Å²) in [5, 5.41) is 20.9. The normalized spacial score (nSPS) is 31.7. The van der Waals surface area contributed by atoms with Crippen LogP contribution in [0.5, 0.6) is 0 Å². The number of likely N-dealkylation sites (tertiary alicyclic amines) is 1. The van der Waals surface area contributed by atoms with E-state index in [-0.39, 0.29) is 25.0 Å². The van der Waals surface area contributed by atoms with E-state index in [9.17, 15) is 24.6 Å². The van der Waals surface area contributed by atoms with Crippen molar-refractivity contribution in [2.45, 2.75) is 56.5 Å². The zero-order valence-corrected chi connectivity index (χ0v) is 22.4. The Balaban J connectivity index is 1.61. The smallest absolute Gasteiger partial charge is 0.310 e.